The van der Waals surface area contributed by atoms with Gasteiger partial charge in [-0.25, -0.2) is 0 Å². The quantitative estimate of drug-likeness (QED) is 0.242. The highest BCUT2D eigenvalue weighted by Gasteiger charge is 2.08. The van der Waals surface area contributed by atoms with Gasteiger partial charge in [-0.2, -0.15) is 0 Å². The van der Waals surface area contributed by atoms with Crippen LogP contribution in [0.4, 0.5) is 17.1 Å². The summed E-state index contributed by atoms with van der Waals surface area (Å²) in [4.78, 5) is 17.0. The number of aliphatic imine (C=N–C) groups is 1. The number of nitrogen functional groups attached to an aromatic ring is 1. The van der Waals surface area contributed by atoms with Crippen LogP contribution in [0.25, 0.3) is 0 Å². The third-order valence-electron chi connectivity index (χ3n) is 3.15. The van der Waals surface area contributed by atoms with Gasteiger partial charge in [0.1, 0.15) is 5.76 Å². The van der Waals surface area contributed by atoms with Crippen molar-refractivity contribution >= 4 is 41.4 Å². The molecule has 0 spiro atoms. The van der Waals surface area contributed by atoms with Gasteiger partial charge in [0, 0.05) is 16.1 Å². The molecule has 5 nitrogen and oxygen atoms in total. The van der Waals surface area contributed by atoms with E-state index in [0.29, 0.717) is 28.4 Å². The first-order chi connectivity index (χ1) is 11.5. The molecule has 0 radical (unpaired) electrons. The monoisotopic (exact) mass is 339 g/mol. The summed E-state index contributed by atoms with van der Waals surface area (Å²) < 4.78 is 0. The van der Waals surface area contributed by atoms with Crippen molar-refractivity contribution in [1.29, 1.82) is 0 Å². The van der Waals surface area contributed by atoms with Crippen molar-refractivity contribution in [2.75, 3.05) is 16.8 Å². The molecule has 2 aromatic carbocycles. The lowest BCUT2D eigenvalue weighted by atomic mass is 10.1. The Morgan fingerprint density at radius 2 is 2.00 bits per heavy atom. The van der Waals surface area contributed by atoms with Crippen LogP contribution in [0.2, 0.25) is 0 Å². The van der Waals surface area contributed by atoms with Crippen molar-refractivity contribution in [2.24, 2.45) is 4.99 Å². The second-order valence-corrected chi connectivity index (χ2v) is 5.87. The smallest absolute Gasteiger partial charge is 0.255 e. The third-order valence-corrected chi connectivity index (χ3v) is 4.18. The number of rotatable bonds is 6. The molecule has 2 rings (SSSR count). The number of thioether (sulfide) groups is 1. The van der Waals surface area contributed by atoms with Crippen molar-refractivity contribution in [2.45, 2.75) is 4.90 Å². The first kappa shape index (κ1) is 17.4. The molecule has 0 aliphatic heterocycles. The Morgan fingerprint density at radius 3 is 2.62 bits per heavy atom. The van der Waals surface area contributed by atoms with Crippen LogP contribution >= 0.6 is 11.8 Å². The molecule has 0 saturated heterocycles. The number of carbonyl (C=O) groups excluding carboxylic acids is 1. The lowest BCUT2D eigenvalue weighted by molar-refractivity contribution is 0.102. The highest BCUT2D eigenvalue weighted by molar-refractivity contribution is 7.99. The summed E-state index contributed by atoms with van der Waals surface area (Å²) >= 11 is 1.45. The van der Waals surface area contributed by atoms with E-state index in [1.54, 1.807) is 30.3 Å². The molecule has 0 saturated carbocycles. The molecule has 0 aliphatic rings. The fourth-order valence-electron chi connectivity index (χ4n) is 1.86. The molecule has 0 unspecified atom stereocenters. The van der Waals surface area contributed by atoms with Crippen LogP contribution in [0.1, 0.15) is 10.4 Å². The molecule has 0 bridgehead atoms. The van der Waals surface area contributed by atoms with Gasteiger partial charge in [-0.1, -0.05) is 12.3 Å². The molecule has 0 heterocycles. The van der Waals surface area contributed by atoms with Crippen LogP contribution in [0, 0.1) is 0 Å². The maximum Gasteiger partial charge on any atom is 0.255 e. The number of hydrogen-bond acceptors (Lipinski definition) is 5. The van der Waals surface area contributed by atoms with Crippen LogP contribution in [0.5, 0.6) is 0 Å². The molecule has 24 heavy (non-hydrogen) atoms. The van der Waals surface area contributed by atoms with Gasteiger partial charge < -0.3 is 16.2 Å². The minimum Gasteiger partial charge on any atom is -0.504 e. The molecule has 4 N–H and O–H groups in total. The first-order valence-electron chi connectivity index (χ1n) is 7.02. The highest BCUT2D eigenvalue weighted by atomic mass is 32.2. The molecule has 0 fully saturated rings. The molecular weight excluding hydrogens is 322 g/mol. The zero-order valence-corrected chi connectivity index (χ0v) is 13.8. The topological polar surface area (TPSA) is 87.7 Å². The Labute approximate surface area is 144 Å². The number of aliphatic hydroxyl groups is 1. The van der Waals surface area contributed by atoms with Gasteiger partial charge in [-0.15, -0.1) is 11.8 Å². The average molecular weight is 339 g/mol. The first-order valence-corrected chi connectivity index (χ1v) is 8.00. The van der Waals surface area contributed by atoms with Crippen molar-refractivity contribution in [1.82, 2.24) is 0 Å². The van der Waals surface area contributed by atoms with Gasteiger partial charge in [0.25, 0.3) is 5.91 Å². The number of carbonyl (C=O) groups is 1. The number of aliphatic hydroxyl groups excluding tert-OH is 1. The Morgan fingerprint density at radius 1 is 1.29 bits per heavy atom. The van der Waals surface area contributed by atoms with E-state index in [9.17, 15) is 9.90 Å². The predicted octanol–water partition coefficient (Wildman–Crippen LogP) is 4.17. The third kappa shape index (κ3) is 4.52. The Kier molecular flexibility index (Phi) is 5.84. The lowest BCUT2D eigenvalue weighted by Crippen LogP contribution is -2.11. The summed E-state index contributed by atoms with van der Waals surface area (Å²) in [6, 6.07) is 12.1. The lowest BCUT2D eigenvalue weighted by Gasteiger charge is -2.08. The number of anilines is 2. The van der Waals surface area contributed by atoms with E-state index >= 15 is 0 Å². The largest absolute Gasteiger partial charge is 0.504 e. The zero-order chi connectivity index (χ0) is 17.5. The standard InChI is InChI=1S/C18H17N3O2S/c1-3-14(22)11-24-15-7-5-13(6-8-15)21-18(23)12-4-9-16(19)17(10-12)20-2/h4-10,22H,1-2,11,19H2,(H,21,23). The molecule has 122 valence electrons. The maximum absolute atomic E-state index is 12.3. The van der Waals surface area contributed by atoms with Gasteiger partial charge in [0.15, 0.2) is 0 Å². The van der Waals surface area contributed by atoms with E-state index in [1.807, 2.05) is 12.1 Å². The van der Waals surface area contributed by atoms with Crippen molar-refractivity contribution in [3.05, 3.63) is 66.1 Å². The molecule has 2 aromatic rings. The predicted molar refractivity (Wildman–Crippen MR) is 100 cm³/mol. The van der Waals surface area contributed by atoms with Crippen LogP contribution in [0.15, 0.2) is 70.4 Å². The van der Waals surface area contributed by atoms with E-state index < -0.39 is 0 Å². The maximum atomic E-state index is 12.3. The number of amides is 1. The molecule has 0 aliphatic carbocycles. The minimum absolute atomic E-state index is 0.104. The summed E-state index contributed by atoms with van der Waals surface area (Å²) in [6.07, 6.45) is 0. The fraction of sp³-hybridized carbons (Fsp3) is 0.0556. The number of hydrogen-bond donors (Lipinski definition) is 3. The van der Waals surface area contributed by atoms with Gasteiger partial charge in [-0.3, -0.25) is 9.79 Å². The number of nitrogens with two attached hydrogens (primary N) is 1. The van der Waals surface area contributed by atoms with Crippen LogP contribution < -0.4 is 11.1 Å². The average Bonchev–Trinajstić information content (AvgIpc) is 2.61. The van der Waals surface area contributed by atoms with Gasteiger partial charge in [0.2, 0.25) is 0 Å². The van der Waals surface area contributed by atoms with E-state index in [-0.39, 0.29) is 11.7 Å². The van der Waals surface area contributed by atoms with E-state index in [4.69, 9.17) is 5.73 Å². The summed E-state index contributed by atoms with van der Waals surface area (Å²) in [5.74, 6) is 0.248. The number of nitrogens with one attached hydrogen (secondary N) is 1. The summed E-state index contributed by atoms with van der Waals surface area (Å²) in [7, 11) is 0. The SMILES string of the molecule is C=C=C(O)CSc1ccc(NC(=O)c2ccc(N)c(N=C)c2)cc1. The summed E-state index contributed by atoms with van der Waals surface area (Å²) in [6.45, 7) is 6.80. The normalized spacial score (nSPS) is 9.83. The van der Waals surface area contributed by atoms with E-state index in [1.165, 1.54) is 11.8 Å². The Balaban J connectivity index is 2.04. The number of nitrogens with zero attached hydrogens (tertiary/aromatic N) is 1. The van der Waals surface area contributed by atoms with Gasteiger partial charge in [-0.05, 0) is 49.2 Å². The van der Waals surface area contributed by atoms with Crippen LogP contribution in [-0.2, 0) is 0 Å². The van der Waals surface area contributed by atoms with Crippen LogP contribution in [-0.4, -0.2) is 23.5 Å². The molecule has 0 aromatic heterocycles. The van der Waals surface area contributed by atoms with Crippen molar-refractivity contribution in [3.63, 3.8) is 0 Å². The van der Waals surface area contributed by atoms with Gasteiger partial charge in [0.05, 0.1) is 17.1 Å². The minimum atomic E-state index is -0.257. The highest BCUT2D eigenvalue weighted by Crippen LogP contribution is 2.24. The van der Waals surface area contributed by atoms with Crippen molar-refractivity contribution < 1.29 is 9.90 Å². The zero-order valence-electron chi connectivity index (χ0n) is 13.0. The molecule has 6 heteroatoms. The van der Waals surface area contributed by atoms with Crippen LogP contribution in [0.3, 0.4) is 0 Å². The second-order valence-electron chi connectivity index (χ2n) is 4.82. The molecule has 1 amide bonds. The fourth-order valence-corrected chi connectivity index (χ4v) is 2.60. The van der Waals surface area contributed by atoms with Crippen molar-refractivity contribution in [3.8, 4) is 0 Å². The van der Waals surface area contributed by atoms with E-state index in [2.05, 4.69) is 29.3 Å². The molecule has 0 atom stereocenters. The molecular formula is C18H17N3O2S. The summed E-state index contributed by atoms with van der Waals surface area (Å²) in [5, 5.41) is 12.1. The Bertz CT molecular complexity index is 810. The summed E-state index contributed by atoms with van der Waals surface area (Å²) in [5.41, 5.74) is 10.2. The van der Waals surface area contributed by atoms with E-state index in [0.717, 1.165) is 4.90 Å². The number of benzene rings is 2. The Hall–Kier alpha value is -2.95. The van der Waals surface area contributed by atoms with Gasteiger partial charge >= 0.3 is 0 Å². The second kappa shape index (κ2) is 8.06.